The van der Waals surface area contributed by atoms with Gasteiger partial charge in [0, 0.05) is 24.1 Å². The Labute approximate surface area is 91.1 Å². The van der Waals surface area contributed by atoms with Crippen LogP contribution in [0.4, 0.5) is 5.69 Å². The molecular formula is C10H9BrN2O. The second kappa shape index (κ2) is 4.25. The van der Waals surface area contributed by atoms with Gasteiger partial charge in [0.15, 0.2) is 0 Å². The standard InChI is InChI=1S/C10H9BrN2O/c1-7(14)13(2)10-4-8(6-12)3-9(11)5-10/h3-5H,1-2H3. The fourth-order valence-electron chi connectivity index (χ4n) is 1.01. The van der Waals surface area contributed by atoms with Crippen LogP contribution in [-0.4, -0.2) is 13.0 Å². The Balaban J connectivity index is 3.17. The lowest BCUT2D eigenvalue weighted by Gasteiger charge is -2.15. The third-order valence-corrected chi connectivity index (χ3v) is 2.33. The first-order valence-corrected chi connectivity index (χ1v) is 4.79. The minimum Gasteiger partial charge on any atom is -0.316 e. The summed E-state index contributed by atoms with van der Waals surface area (Å²) >= 11 is 3.28. The molecule has 0 saturated heterocycles. The molecule has 0 bridgehead atoms. The molecule has 0 atom stereocenters. The third kappa shape index (κ3) is 2.33. The zero-order valence-electron chi connectivity index (χ0n) is 7.91. The van der Waals surface area contributed by atoms with Crippen molar-refractivity contribution in [1.29, 1.82) is 5.26 Å². The van der Waals surface area contributed by atoms with Crippen LogP contribution in [-0.2, 0) is 4.79 Å². The van der Waals surface area contributed by atoms with Gasteiger partial charge in [0.2, 0.25) is 5.91 Å². The minimum atomic E-state index is -0.0630. The molecule has 1 rings (SSSR count). The van der Waals surface area contributed by atoms with Crippen LogP contribution in [0.25, 0.3) is 0 Å². The Morgan fingerprint density at radius 1 is 1.50 bits per heavy atom. The Morgan fingerprint density at radius 2 is 2.14 bits per heavy atom. The molecule has 3 nitrogen and oxygen atoms in total. The molecule has 0 saturated carbocycles. The second-order valence-corrected chi connectivity index (χ2v) is 3.80. The summed E-state index contributed by atoms with van der Waals surface area (Å²) in [5.41, 5.74) is 1.24. The van der Waals surface area contributed by atoms with Crippen molar-refractivity contribution in [3.05, 3.63) is 28.2 Å². The topological polar surface area (TPSA) is 44.1 Å². The molecule has 0 aliphatic rings. The van der Waals surface area contributed by atoms with Crippen molar-refractivity contribution in [2.24, 2.45) is 0 Å². The first kappa shape index (κ1) is 10.7. The number of amides is 1. The molecule has 0 heterocycles. The maximum Gasteiger partial charge on any atom is 0.223 e. The minimum absolute atomic E-state index is 0.0630. The number of hydrogen-bond acceptors (Lipinski definition) is 2. The van der Waals surface area contributed by atoms with E-state index in [1.807, 2.05) is 6.07 Å². The van der Waals surface area contributed by atoms with Gasteiger partial charge in [-0.25, -0.2) is 0 Å². The maximum absolute atomic E-state index is 11.1. The fraction of sp³-hybridized carbons (Fsp3) is 0.200. The van der Waals surface area contributed by atoms with E-state index in [1.54, 1.807) is 25.2 Å². The molecule has 0 fully saturated rings. The van der Waals surface area contributed by atoms with Crippen LogP contribution in [0.3, 0.4) is 0 Å². The largest absolute Gasteiger partial charge is 0.316 e. The van der Waals surface area contributed by atoms with Gasteiger partial charge in [-0.05, 0) is 18.2 Å². The van der Waals surface area contributed by atoms with Crippen LogP contribution < -0.4 is 4.90 Å². The highest BCUT2D eigenvalue weighted by molar-refractivity contribution is 9.10. The average molecular weight is 253 g/mol. The number of halogens is 1. The lowest BCUT2D eigenvalue weighted by molar-refractivity contribution is -0.116. The molecule has 0 aromatic heterocycles. The van der Waals surface area contributed by atoms with Gasteiger partial charge in [-0.1, -0.05) is 15.9 Å². The molecule has 4 heteroatoms. The number of nitriles is 1. The molecule has 0 radical (unpaired) electrons. The molecule has 1 amide bonds. The van der Waals surface area contributed by atoms with E-state index in [4.69, 9.17) is 5.26 Å². The van der Waals surface area contributed by atoms with Crippen molar-refractivity contribution in [2.75, 3.05) is 11.9 Å². The summed E-state index contributed by atoms with van der Waals surface area (Å²) in [6.07, 6.45) is 0. The molecule has 0 aliphatic carbocycles. The average Bonchev–Trinajstić information content (AvgIpc) is 2.15. The molecular weight excluding hydrogens is 244 g/mol. The number of benzene rings is 1. The van der Waals surface area contributed by atoms with Crippen molar-refractivity contribution in [3.63, 3.8) is 0 Å². The predicted octanol–water partition coefficient (Wildman–Crippen LogP) is 2.30. The molecule has 14 heavy (non-hydrogen) atoms. The molecule has 1 aromatic carbocycles. The van der Waals surface area contributed by atoms with E-state index < -0.39 is 0 Å². The molecule has 0 spiro atoms. The summed E-state index contributed by atoms with van der Waals surface area (Å²) in [4.78, 5) is 12.6. The number of anilines is 1. The zero-order valence-corrected chi connectivity index (χ0v) is 9.50. The van der Waals surface area contributed by atoms with Gasteiger partial charge in [-0.2, -0.15) is 5.26 Å². The lowest BCUT2D eigenvalue weighted by Crippen LogP contribution is -2.22. The van der Waals surface area contributed by atoms with Gasteiger partial charge < -0.3 is 4.90 Å². The van der Waals surface area contributed by atoms with E-state index >= 15 is 0 Å². The molecule has 0 aliphatic heterocycles. The lowest BCUT2D eigenvalue weighted by atomic mass is 10.2. The summed E-state index contributed by atoms with van der Waals surface area (Å²) in [6.45, 7) is 1.48. The van der Waals surface area contributed by atoms with Crippen molar-refractivity contribution in [1.82, 2.24) is 0 Å². The fourth-order valence-corrected chi connectivity index (χ4v) is 1.50. The van der Waals surface area contributed by atoms with Gasteiger partial charge in [0.25, 0.3) is 0 Å². The zero-order chi connectivity index (χ0) is 10.7. The summed E-state index contributed by atoms with van der Waals surface area (Å²) in [5, 5.41) is 8.73. The van der Waals surface area contributed by atoms with E-state index in [-0.39, 0.29) is 5.91 Å². The van der Waals surface area contributed by atoms with Gasteiger partial charge >= 0.3 is 0 Å². The van der Waals surface area contributed by atoms with Gasteiger partial charge in [0.05, 0.1) is 11.6 Å². The Kier molecular flexibility index (Phi) is 3.26. The van der Waals surface area contributed by atoms with Crippen molar-refractivity contribution in [3.8, 4) is 6.07 Å². The predicted molar refractivity (Wildman–Crippen MR) is 57.9 cm³/mol. The number of nitrogens with zero attached hydrogens (tertiary/aromatic N) is 2. The molecule has 72 valence electrons. The molecule has 0 unspecified atom stereocenters. The highest BCUT2D eigenvalue weighted by Gasteiger charge is 2.07. The highest BCUT2D eigenvalue weighted by Crippen LogP contribution is 2.21. The van der Waals surface area contributed by atoms with E-state index in [1.165, 1.54) is 11.8 Å². The number of rotatable bonds is 1. The smallest absolute Gasteiger partial charge is 0.223 e. The van der Waals surface area contributed by atoms with Crippen molar-refractivity contribution in [2.45, 2.75) is 6.92 Å². The van der Waals surface area contributed by atoms with Crippen molar-refractivity contribution < 1.29 is 4.79 Å². The summed E-state index contributed by atoms with van der Waals surface area (Å²) in [5.74, 6) is -0.0630. The Bertz CT molecular complexity index is 409. The van der Waals surface area contributed by atoms with Crippen LogP contribution >= 0.6 is 15.9 Å². The van der Waals surface area contributed by atoms with Crippen molar-refractivity contribution >= 4 is 27.5 Å². The first-order valence-electron chi connectivity index (χ1n) is 3.99. The first-order chi connectivity index (χ1) is 6.54. The molecule has 0 N–H and O–H groups in total. The van der Waals surface area contributed by atoms with Crippen LogP contribution in [0.1, 0.15) is 12.5 Å². The number of hydrogen-bond donors (Lipinski definition) is 0. The van der Waals surface area contributed by atoms with Crippen LogP contribution in [0.5, 0.6) is 0 Å². The third-order valence-electron chi connectivity index (χ3n) is 1.87. The Hall–Kier alpha value is -1.34. The number of carbonyl (C=O) groups is 1. The van der Waals surface area contributed by atoms with E-state index in [0.29, 0.717) is 11.3 Å². The quantitative estimate of drug-likeness (QED) is 0.770. The normalized spacial score (nSPS) is 9.29. The van der Waals surface area contributed by atoms with Gasteiger partial charge in [-0.15, -0.1) is 0 Å². The number of carbonyl (C=O) groups excluding carboxylic acids is 1. The van der Waals surface area contributed by atoms with Crippen LogP contribution in [0.15, 0.2) is 22.7 Å². The van der Waals surface area contributed by atoms with E-state index in [9.17, 15) is 4.79 Å². The summed E-state index contributed by atoms with van der Waals surface area (Å²) in [6, 6.07) is 7.21. The molecule has 1 aromatic rings. The SMILES string of the molecule is CC(=O)N(C)c1cc(Br)cc(C#N)c1. The maximum atomic E-state index is 11.1. The summed E-state index contributed by atoms with van der Waals surface area (Å²) in [7, 11) is 1.67. The van der Waals surface area contributed by atoms with Crippen LogP contribution in [0, 0.1) is 11.3 Å². The van der Waals surface area contributed by atoms with Crippen LogP contribution in [0.2, 0.25) is 0 Å². The Morgan fingerprint density at radius 3 is 2.64 bits per heavy atom. The highest BCUT2D eigenvalue weighted by atomic mass is 79.9. The second-order valence-electron chi connectivity index (χ2n) is 2.89. The monoisotopic (exact) mass is 252 g/mol. The van der Waals surface area contributed by atoms with Gasteiger partial charge in [0.1, 0.15) is 0 Å². The summed E-state index contributed by atoms with van der Waals surface area (Å²) < 4.78 is 0.791. The van der Waals surface area contributed by atoms with Gasteiger partial charge in [-0.3, -0.25) is 4.79 Å². The van der Waals surface area contributed by atoms with E-state index in [2.05, 4.69) is 15.9 Å². The van der Waals surface area contributed by atoms with E-state index in [0.717, 1.165) is 4.47 Å².